The van der Waals surface area contributed by atoms with Crippen molar-refractivity contribution in [3.05, 3.63) is 35.9 Å². The van der Waals surface area contributed by atoms with Crippen molar-refractivity contribution in [2.75, 3.05) is 12.0 Å². The Kier molecular flexibility index (Phi) is 18.7. The third-order valence-corrected chi connectivity index (χ3v) is 8.39. The van der Waals surface area contributed by atoms with Gasteiger partial charge >= 0.3 is 12.1 Å². The van der Waals surface area contributed by atoms with E-state index in [-0.39, 0.29) is 37.7 Å². The van der Waals surface area contributed by atoms with Crippen molar-refractivity contribution in [2.45, 2.75) is 117 Å². The second-order valence-electron chi connectivity index (χ2n) is 12.9. The maximum Gasteiger partial charge on any atom is 0.408 e. The lowest BCUT2D eigenvalue weighted by atomic mass is 9.94. The highest BCUT2D eigenvalue weighted by molar-refractivity contribution is 7.98. The van der Waals surface area contributed by atoms with Crippen LogP contribution in [0.15, 0.2) is 30.3 Å². The van der Waals surface area contributed by atoms with E-state index in [4.69, 9.17) is 15.2 Å². The van der Waals surface area contributed by atoms with E-state index < -0.39 is 65.5 Å². The fourth-order valence-corrected chi connectivity index (χ4v) is 4.97. The molecule has 0 aromatic heterocycles. The Balaban J connectivity index is 3.26. The maximum atomic E-state index is 13.8. The highest BCUT2D eigenvalue weighted by Gasteiger charge is 2.34. The van der Waals surface area contributed by atoms with Crippen molar-refractivity contribution >= 4 is 47.5 Å². The number of thioether (sulfide) groups is 1. The monoisotopic (exact) mass is 693 g/mol. The van der Waals surface area contributed by atoms with Gasteiger partial charge in [-0.1, -0.05) is 70.9 Å². The zero-order chi connectivity index (χ0) is 36.4. The molecule has 0 aliphatic rings. The predicted octanol–water partition coefficient (Wildman–Crippen LogP) is 3.19. The molecule has 1 aromatic carbocycles. The molecule has 0 fully saturated rings. The van der Waals surface area contributed by atoms with E-state index in [1.165, 1.54) is 11.8 Å². The summed E-state index contributed by atoms with van der Waals surface area (Å²) in [4.78, 5) is 78.2. The van der Waals surface area contributed by atoms with Gasteiger partial charge in [0.15, 0.2) is 0 Å². The standard InChI is InChI=1S/C34H55N5O8S/c1-9-21(3)27(29(35)41)38-32(44)28(22(4)10-2)39-31(43)24(16-17-26(40)46-20-23-14-12-11-13-15-23)36-30(42)25(18-19-48-8)37-33(45)47-34(5,6)7/h11-15,21-22,24-25,27-28H,9-10,16-20H2,1-8H3,(H2,35,41)(H,36,42)(H,37,45)(H,38,44)(H,39,43)/t21-,22+,24-,25+,27-,28+/m0/s1. The third-order valence-electron chi connectivity index (χ3n) is 7.74. The van der Waals surface area contributed by atoms with Crippen LogP contribution < -0.4 is 27.0 Å². The van der Waals surface area contributed by atoms with Gasteiger partial charge in [-0.25, -0.2) is 4.79 Å². The SMILES string of the molecule is CC[C@@H](C)[C@@H](NC(=O)[C@H](CCC(=O)OCc1ccccc1)NC(=O)[C@@H](CCSC)NC(=O)OC(C)(C)C)C(=O)N[C@H](C(N)=O)[C@@H](C)CC. The first-order valence-corrected chi connectivity index (χ1v) is 17.8. The number of alkyl carbamates (subject to hydrolysis) is 1. The van der Waals surface area contributed by atoms with Crippen molar-refractivity contribution in [1.82, 2.24) is 21.3 Å². The molecule has 1 rings (SSSR count). The van der Waals surface area contributed by atoms with Gasteiger partial charge in [-0.3, -0.25) is 24.0 Å². The Morgan fingerprint density at radius 3 is 1.88 bits per heavy atom. The predicted molar refractivity (Wildman–Crippen MR) is 186 cm³/mol. The smallest absolute Gasteiger partial charge is 0.408 e. The van der Waals surface area contributed by atoms with Crippen molar-refractivity contribution in [3.8, 4) is 0 Å². The first-order chi connectivity index (χ1) is 22.5. The molecule has 6 atom stereocenters. The summed E-state index contributed by atoms with van der Waals surface area (Å²) in [6.45, 7) is 12.4. The molecule has 0 bridgehead atoms. The molecule has 13 nitrogen and oxygen atoms in total. The molecule has 0 spiro atoms. The number of rotatable bonds is 20. The largest absolute Gasteiger partial charge is 0.461 e. The van der Waals surface area contributed by atoms with Crippen LogP contribution >= 0.6 is 11.8 Å². The Labute approximate surface area is 289 Å². The number of nitrogens with two attached hydrogens (primary N) is 1. The van der Waals surface area contributed by atoms with Crippen LogP contribution in [0.3, 0.4) is 0 Å². The summed E-state index contributed by atoms with van der Waals surface area (Å²) in [5.74, 6) is -3.37. The minimum atomic E-state index is -1.28. The van der Waals surface area contributed by atoms with Crippen LogP contribution in [0.2, 0.25) is 0 Å². The number of amides is 5. The number of hydrogen-bond acceptors (Lipinski definition) is 9. The average Bonchev–Trinajstić information content (AvgIpc) is 3.03. The maximum absolute atomic E-state index is 13.8. The van der Waals surface area contributed by atoms with Gasteiger partial charge in [0.2, 0.25) is 23.6 Å². The molecular formula is C34H55N5O8S. The minimum absolute atomic E-state index is 0.0347. The van der Waals surface area contributed by atoms with E-state index >= 15 is 0 Å². The lowest BCUT2D eigenvalue weighted by molar-refractivity contribution is -0.145. The Hall–Kier alpha value is -3.81. The van der Waals surface area contributed by atoms with Gasteiger partial charge in [0, 0.05) is 6.42 Å². The van der Waals surface area contributed by atoms with E-state index in [2.05, 4.69) is 21.3 Å². The molecule has 0 aliphatic heterocycles. The molecule has 0 unspecified atom stereocenters. The first-order valence-electron chi connectivity index (χ1n) is 16.4. The van der Waals surface area contributed by atoms with Crippen LogP contribution in [0, 0.1) is 11.8 Å². The summed E-state index contributed by atoms with van der Waals surface area (Å²) in [5, 5.41) is 10.6. The fraction of sp³-hybridized carbons (Fsp3) is 0.647. The number of primary amides is 1. The zero-order valence-electron chi connectivity index (χ0n) is 29.6. The number of carbonyl (C=O) groups is 6. The van der Waals surface area contributed by atoms with Crippen molar-refractivity contribution in [2.24, 2.45) is 17.6 Å². The number of carbonyl (C=O) groups excluding carboxylic acids is 6. The number of hydrogen-bond donors (Lipinski definition) is 5. The second-order valence-corrected chi connectivity index (χ2v) is 13.9. The Morgan fingerprint density at radius 2 is 1.33 bits per heavy atom. The van der Waals surface area contributed by atoms with E-state index in [0.717, 1.165) is 5.56 Å². The van der Waals surface area contributed by atoms with Gasteiger partial charge in [-0.15, -0.1) is 0 Å². The normalized spacial score (nSPS) is 15.0. The molecule has 1 aromatic rings. The van der Waals surface area contributed by atoms with Crippen molar-refractivity contribution in [1.29, 1.82) is 0 Å². The molecule has 6 N–H and O–H groups in total. The highest BCUT2D eigenvalue weighted by Crippen LogP contribution is 2.14. The number of esters is 1. The zero-order valence-corrected chi connectivity index (χ0v) is 30.4. The minimum Gasteiger partial charge on any atom is -0.461 e. The summed E-state index contributed by atoms with van der Waals surface area (Å²) in [7, 11) is 0. The number of nitrogens with one attached hydrogen (secondary N) is 4. The van der Waals surface area contributed by atoms with Crippen LogP contribution in [0.4, 0.5) is 4.79 Å². The molecule has 0 heterocycles. The quantitative estimate of drug-likeness (QED) is 0.128. The number of ether oxygens (including phenoxy) is 2. The average molecular weight is 694 g/mol. The van der Waals surface area contributed by atoms with Crippen LogP contribution in [-0.2, 0) is 40.1 Å². The van der Waals surface area contributed by atoms with Gasteiger partial charge in [0.1, 0.15) is 36.4 Å². The first kappa shape index (κ1) is 42.2. The van der Waals surface area contributed by atoms with Gasteiger partial charge < -0.3 is 36.5 Å². The number of benzene rings is 1. The topological polar surface area (TPSA) is 195 Å². The summed E-state index contributed by atoms with van der Waals surface area (Å²) in [6, 6.07) is 4.73. The van der Waals surface area contributed by atoms with Crippen molar-refractivity contribution < 1.29 is 38.2 Å². The van der Waals surface area contributed by atoms with E-state index in [1.54, 1.807) is 46.8 Å². The molecule has 0 radical (unpaired) electrons. The molecule has 14 heteroatoms. The fourth-order valence-electron chi connectivity index (χ4n) is 4.50. The Bertz CT molecular complexity index is 1210. The summed E-state index contributed by atoms with van der Waals surface area (Å²) in [6.07, 6.45) is 2.00. The van der Waals surface area contributed by atoms with E-state index in [0.29, 0.717) is 18.6 Å². The summed E-state index contributed by atoms with van der Waals surface area (Å²) in [5.41, 5.74) is 5.54. The molecule has 0 saturated carbocycles. The van der Waals surface area contributed by atoms with Gasteiger partial charge in [0.05, 0.1) is 0 Å². The van der Waals surface area contributed by atoms with Gasteiger partial charge in [0.25, 0.3) is 0 Å². The molecule has 270 valence electrons. The van der Waals surface area contributed by atoms with Gasteiger partial charge in [-0.05, 0) is 63.0 Å². The third kappa shape index (κ3) is 15.9. The van der Waals surface area contributed by atoms with Crippen LogP contribution in [0.25, 0.3) is 0 Å². The molecule has 0 saturated heterocycles. The van der Waals surface area contributed by atoms with Crippen LogP contribution in [0.1, 0.15) is 86.1 Å². The molecule has 5 amide bonds. The van der Waals surface area contributed by atoms with Crippen LogP contribution in [0.5, 0.6) is 0 Å². The molecule has 0 aliphatic carbocycles. The van der Waals surface area contributed by atoms with Crippen molar-refractivity contribution in [3.63, 3.8) is 0 Å². The molecule has 48 heavy (non-hydrogen) atoms. The van der Waals surface area contributed by atoms with E-state index in [9.17, 15) is 28.8 Å². The lowest BCUT2D eigenvalue weighted by Gasteiger charge is -2.30. The second kappa shape index (κ2) is 21.2. The highest BCUT2D eigenvalue weighted by atomic mass is 32.2. The summed E-state index contributed by atoms with van der Waals surface area (Å²) >= 11 is 1.47. The van der Waals surface area contributed by atoms with Gasteiger partial charge in [-0.2, -0.15) is 11.8 Å². The summed E-state index contributed by atoms with van der Waals surface area (Å²) < 4.78 is 10.7. The molecular weight excluding hydrogens is 638 g/mol. The van der Waals surface area contributed by atoms with E-state index in [1.807, 2.05) is 38.3 Å². The lowest BCUT2D eigenvalue weighted by Crippen LogP contribution is -2.60. The Morgan fingerprint density at radius 1 is 0.792 bits per heavy atom. The van der Waals surface area contributed by atoms with Crippen LogP contribution in [-0.4, -0.2) is 77.5 Å².